The van der Waals surface area contributed by atoms with Crippen molar-refractivity contribution < 1.29 is 14.4 Å². The highest BCUT2D eigenvalue weighted by Gasteiger charge is 2.48. The molecule has 3 heterocycles. The highest BCUT2D eigenvalue weighted by Crippen LogP contribution is 2.32. The Balaban J connectivity index is 1.49. The van der Waals surface area contributed by atoms with E-state index >= 15 is 0 Å². The van der Waals surface area contributed by atoms with E-state index in [0.29, 0.717) is 36.5 Å². The summed E-state index contributed by atoms with van der Waals surface area (Å²) >= 11 is 4.85. The fourth-order valence-corrected chi connectivity index (χ4v) is 4.53. The number of halogens is 1. The lowest BCUT2D eigenvalue weighted by molar-refractivity contribution is -0.125. The van der Waals surface area contributed by atoms with Gasteiger partial charge in [0, 0.05) is 28.7 Å². The Morgan fingerprint density at radius 2 is 1.86 bits per heavy atom. The van der Waals surface area contributed by atoms with Gasteiger partial charge in [-0.2, -0.15) is 0 Å². The van der Waals surface area contributed by atoms with E-state index in [4.69, 9.17) is 0 Å². The van der Waals surface area contributed by atoms with Crippen LogP contribution in [-0.2, 0) is 4.79 Å². The first-order valence-corrected chi connectivity index (χ1v) is 10.4. The number of benzene rings is 1. The normalized spacial score (nSPS) is 18.1. The van der Waals surface area contributed by atoms with Crippen LogP contribution in [0.5, 0.6) is 0 Å². The molecule has 9 heteroatoms. The third kappa shape index (κ3) is 3.64. The Morgan fingerprint density at radius 1 is 1.14 bits per heavy atom. The summed E-state index contributed by atoms with van der Waals surface area (Å²) in [7, 11) is 0. The van der Waals surface area contributed by atoms with Gasteiger partial charge in [0.1, 0.15) is 10.6 Å². The second-order valence-corrected chi connectivity index (χ2v) is 8.67. The average molecular weight is 461 g/mol. The third-order valence-electron chi connectivity index (χ3n) is 4.95. The van der Waals surface area contributed by atoms with Crippen molar-refractivity contribution >= 4 is 45.5 Å². The largest absolute Gasteiger partial charge is 0.338 e. The average Bonchev–Trinajstić information content (AvgIpc) is 2.97. The van der Waals surface area contributed by atoms with Gasteiger partial charge in [0.2, 0.25) is 0 Å². The van der Waals surface area contributed by atoms with Gasteiger partial charge in [0.15, 0.2) is 0 Å². The lowest BCUT2D eigenvalue weighted by Crippen LogP contribution is -2.55. The summed E-state index contributed by atoms with van der Waals surface area (Å²) in [5, 5.41) is 5.63. The minimum absolute atomic E-state index is 0.118. The highest BCUT2D eigenvalue weighted by molar-refractivity contribution is 9.10. The number of carbonyl (C=O) groups is 3. The number of likely N-dealkylation sites (tertiary alicyclic amines) is 1. The van der Waals surface area contributed by atoms with Crippen molar-refractivity contribution in [2.75, 3.05) is 13.1 Å². The summed E-state index contributed by atoms with van der Waals surface area (Å²) < 4.78 is 0.986. The molecule has 1 aromatic heterocycles. The molecule has 0 radical (unpaired) electrons. The SMILES string of the molecule is O=C1NC(=O)C2(CCN(C(=O)c3cccnc3Sc3ccc(Br)cc3)CC2)N1. The zero-order valence-corrected chi connectivity index (χ0v) is 17.2. The predicted molar refractivity (Wildman–Crippen MR) is 107 cm³/mol. The van der Waals surface area contributed by atoms with Gasteiger partial charge in [-0.25, -0.2) is 9.78 Å². The van der Waals surface area contributed by atoms with Gasteiger partial charge in [-0.3, -0.25) is 14.9 Å². The second-order valence-electron chi connectivity index (χ2n) is 6.69. The van der Waals surface area contributed by atoms with E-state index in [2.05, 4.69) is 31.5 Å². The van der Waals surface area contributed by atoms with Gasteiger partial charge in [-0.15, -0.1) is 0 Å². The molecule has 2 aromatic rings. The van der Waals surface area contributed by atoms with E-state index in [9.17, 15) is 14.4 Å². The molecule has 1 aromatic carbocycles. The van der Waals surface area contributed by atoms with E-state index in [-0.39, 0.29) is 11.8 Å². The van der Waals surface area contributed by atoms with Crippen LogP contribution in [0.1, 0.15) is 23.2 Å². The molecule has 0 saturated carbocycles. The number of urea groups is 1. The first-order valence-electron chi connectivity index (χ1n) is 8.78. The van der Waals surface area contributed by atoms with Crippen LogP contribution in [0.4, 0.5) is 4.79 Å². The summed E-state index contributed by atoms with van der Waals surface area (Å²) in [5.41, 5.74) is -0.357. The maximum atomic E-state index is 13.1. The zero-order chi connectivity index (χ0) is 19.7. The van der Waals surface area contributed by atoms with Crippen LogP contribution in [0.3, 0.4) is 0 Å². The number of amides is 4. The fraction of sp³-hybridized carbons (Fsp3) is 0.263. The number of piperidine rings is 1. The summed E-state index contributed by atoms with van der Waals surface area (Å²) in [4.78, 5) is 43.7. The number of hydrogen-bond donors (Lipinski definition) is 2. The minimum atomic E-state index is -0.891. The summed E-state index contributed by atoms with van der Waals surface area (Å²) in [6.07, 6.45) is 2.46. The molecule has 2 aliphatic rings. The molecule has 1 spiro atoms. The van der Waals surface area contributed by atoms with Crippen molar-refractivity contribution in [3.63, 3.8) is 0 Å². The summed E-state index contributed by atoms with van der Waals surface area (Å²) in [5.74, 6) is -0.426. The molecule has 4 rings (SSSR count). The lowest BCUT2D eigenvalue weighted by Gasteiger charge is -2.37. The monoisotopic (exact) mass is 460 g/mol. The molecule has 28 heavy (non-hydrogen) atoms. The van der Waals surface area contributed by atoms with Crippen LogP contribution < -0.4 is 10.6 Å². The van der Waals surface area contributed by atoms with E-state index in [0.717, 1.165) is 9.37 Å². The molecule has 0 aliphatic carbocycles. The fourth-order valence-electron chi connectivity index (χ4n) is 3.39. The number of nitrogens with zero attached hydrogens (tertiary/aromatic N) is 2. The number of rotatable bonds is 3. The Bertz CT molecular complexity index is 942. The molecule has 2 aliphatic heterocycles. The van der Waals surface area contributed by atoms with Crippen molar-refractivity contribution in [2.45, 2.75) is 28.3 Å². The predicted octanol–water partition coefficient (Wildman–Crippen LogP) is 2.81. The Morgan fingerprint density at radius 3 is 2.50 bits per heavy atom. The topological polar surface area (TPSA) is 91.4 Å². The maximum Gasteiger partial charge on any atom is 0.322 e. The van der Waals surface area contributed by atoms with Gasteiger partial charge < -0.3 is 10.2 Å². The van der Waals surface area contributed by atoms with Gasteiger partial charge in [-0.1, -0.05) is 27.7 Å². The molecule has 2 saturated heterocycles. The number of imide groups is 1. The first-order chi connectivity index (χ1) is 13.5. The molecule has 2 N–H and O–H groups in total. The van der Waals surface area contributed by atoms with E-state index in [1.165, 1.54) is 11.8 Å². The molecule has 7 nitrogen and oxygen atoms in total. The Hall–Kier alpha value is -2.39. The van der Waals surface area contributed by atoms with Crippen LogP contribution in [-0.4, -0.2) is 46.4 Å². The van der Waals surface area contributed by atoms with Crippen LogP contribution in [0.25, 0.3) is 0 Å². The molecule has 0 bridgehead atoms. The van der Waals surface area contributed by atoms with Crippen LogP contribution in [0, 0.1) is 0 Å². The van der Waals surface area contributed by atoms with Gasteiger partial charge >= 0.3 is 6.03 Å². The number of hydrogen-bond acceptors (Lipinski definition) is 5. The van der Waals surface area contributed by atoms with Crippen molar-refractivity contribution in [2.24, 2.45) is 0 Å². The molecule has 0 unspecified atom stereocenters. The summed E-state index contributed by atoms with van der Waals surface area (Å²) in [6, 6.07) is 10.9. The van der Waals surface area contributed by atoms with Crippen LogP contribution >= 0.6 is 27.7 Å². The number of carbonyl (C=O) groups excluding carboxylic acids is 3. The van der Waals surface area contributed by atoms with Gasteiger partial charge in [-0.05, 0) is 49.2 Å². The van der Waals surface area contributed by atoms with Crippen LogP contribution in [0.2, 0.25) is 0 Å². The second kappa shape index (κ2) is 7.56. The molecule has 4 amide bonds. The summed E-state index contributed by atoms with van der Waals surface area (Å²) in [6.45, 7) is 0.785. The highest BCUT2D eigenvalue weighted by atomic mass is 79.9. The van der Waals surface area contributed by atoms with E-state index in [1.54, 1.807) is 23.2 Å². The standard InChI is InChI=1S/C19H17BrN4O3S/c20-12-3-5-13(6-4-12)28-15-14(2-1-9-21-15)16(25)24-10-7-19(8-11-24)17(26)22-18(27)23-19/h1-6,9H,7-8,10-11H2,(H2,22,23,26,27). The quantitative estimate of drug-likeness (QED) is 0.687. The number of nitrogens with one attached hydrogen (secondary N) is 2. The van der Waals surface area contributed by atoms with E-state index < -0.39 is 11.6 Å². The van der Waals surface area contributed by atoms with Crippen molar-refractivity contribution in [3.05, 3.63) is 52.6 Å². The number of aromatic nitrogens is 1. The maximum absolute atomic E-state index is 13.1. The van der Waals surface area contributed by atoms with Crippen LogP contribution in [0.15, 0.2) is 57.0 Å². The molecule has 144 valence electrons. The molecular weight excluding hydrogens is 444 g/mol. The molecule has 0 atom stereocenters. The van der Waals surface area contributed by atoms with Gasteiger partial charge in [0.05, 0.1) is 5.56 Å². The van der Waals surface area contributed by atoms with Crippen molar-refractivity contribution in [1.82, 2.24) is 20.5 Å². The zero-order valence-electron chi connectivity index (χ0n) is 14.8. The lowest BCUT2D eigenvalue weighted by atomic mass is 9.87. The Labute approximate surface area is 174 Å². The van der Waals surface area contributed by atoms with Crippen molar-refractivity contribution in [3.8, 4) is 0 Å². The van der Waals surface area contributed by atoms with Gasteiger partial charge in [0.25, 0.3) is 11.8 Å². The van der Waals surface area contributed by atoms with Crippen molar-refractivity contribution in [1.29, 1.82) is 0 Å². The van der Waals surface area contributed by atoms with E-state index in [1.807, 2.05) is 24.3 Å². The molecular formula is C19H17BrN4O3S. The first kappa shape index (κ1) is 18.9. The smallest absolute Gasteiger partial charge is 0.322 e. The number of pyridine rings is 1. The molecule has 2 fully saturated rings. The third-order valence-corrected chi connectivity index (χ3v) is 6.50. The minimum Gasteiger partial charge on any atom is -0.338 e. The Kier molecular flexibility index (Phi) is 5.11.